The van der Waals surface area contributed by atoms with E-state index in [1.54, 1.807) is 0 Å². The minimum atomic E-state index is 0.193. The molecule has 2 rings (SSSR count). The average Bonchev–Trinajstić information content (AvgIpc) is 3.00. The first-order valence-electron chi connectivity index (χ1n) is 7.60. The van der Waals surface area contributed by atoms with Gasteiger partial charge >= 0.3 is 0 Å². The highest BCUT2D eigenvalue weighted by Crippen LogP contribution is 2.23. The molecule has 4 nitrogen and oxygen atoms in total. The highest BCUT2D eigenvalue weighted by Gasteiger charge is 2.17. The Morgan fingerprint density at radius 2 is 2.14 bits per heavy atom. The number of halogens is 1. The van der Waals surface area contributed by atoms with Crippen LogP contribution in [0.3, 0.4) is 0 Å². The molecule has 0 aromatic heterocycles. The molecule has 1 heterocycles. The lowest BCUT2D eigenvalue weighted by molar-refractivity contribution is -0.129. The van der Waals surface area contributed by atoms with Crippen molar-refractivity contribution in [2.75, 3.05) is 26.2 Å². The van der Waals surface area contributed by atoms with Gasteiger partial charge in [-0.25, -0.2) is 0 Å². The molecule has 0 spiro atoms. The van der Waals surface area contributed by atoms with Crippen molar-refractivity contribution < 1.29 is 9.53 Å². The third-order valence-corrected chi connectivity index (χ3v) is 4.03. The van der Waals surface area contributed by atoms with E-state index < -0.39 is 0 Å². The predicted molar refractivity (Wildman–Crippen MR) is 87.4 cm³/mol. The number of amides is 1. The summed E-state index contributed by atoms with van der Waals surface area (Å²) in [6.45, 7) is 5.63. The number of nitrogens with one attached hydrogen (secondary N) is 1. The summed E-state index contributed by atoms with van der Waals surface area (Å²) in [4.78, 5) is 13.9. The van der Waals surface area contributed by atoms with E-state index in [0.717, 1.165) is 48.1 Å². The van der Waals surface area contributed by atoms with E-state index in [1.807, 2.05) is 23.1 Å². The summed E-state index contributed by atoms with van der Waals surface area (Å²) in [6.07, 6.45) is 3.25. The number of carbonyl (C=O) groups excluding carboxylic acids is 1. The zero-order valence-corrected chi connectivity index (χ0v) is 14.1. The summed E-state index contributed by atoms with van der Waals surface area (Å²) in [5.74, 6) is 1.08. The summed E-state index contributed by atoms with van der Waals surface area (Å²) in [7, 11) is 0. The van der Waals surface area contributed by atoms with Gasteiger partial charge in [-0.05, 0) is 37.5 Å². The molecule has 0 unspecified atom stereocenters. The lowest BCUT2D eigenvalue weighted by atomic mass is 10.2. The number of hydrogen-bond acceptors (Lipinski definition) is 3. The fourth-order valence-electron chi connectivity index (χ4n) is 2.42. The molecule has 1 aromatic carbocycles. The molecule has 0 atom stereocenters. The Morgan fingerprint density at radius 1 is 1.38 bits per heavy atom. The van der Waals surface area contributed by atoms with Crippen molar-refractivity contribution in [3.8, 4) is 5.75 Å². The molecule has 0 bridgehead atoms. The van der Waals surface area contributed by atoms with E-state index in [2.05, 4.69) is 28.2 Å². The van der Waals surface area contributed by atoms with Gasteiger partial charge < -0.3 is 15.0 Å². The first-order chi connectivity index (χ1) is 10.2. The summed E-state index contributed by atoms with van der Waals surface area (Å²) in [6, 6.07) is 5.99. The Bertz CT molecular complexity index is 473. The minimum Gasteiger partial charge on any atom is -0.493 e. The van der Waals surface area contributed by atoms with Gasteiger partial charge in [0.1, 0.15) is 5.75 Å². The van der Waals surface area contributed by atoms with Crippen LogP contribution in [0.2, 0.25) is 0 Å². The third kappa shape index (κ3) is 5.00. The number of hydrogen-bond donors (Lipinski definition) is 1. The van der Waals surface area contributed by atoms with Gasteiger partial charge in [-0.3, -0.25) is 4.79 Å². The second-order valence-corrected chi connectivity index (χ2v) is 6.21. The molecule has 1 amide bonds. The van der Waals surface area contributed by atoms with Gasteiger partial charge in [0.2, 0.25) is 5.91 Å². The Labute approximate surface area is 135 Å². The first-order valence-corrected chi connectivity index (χ1v) is 8.39. The van der Waals surface area contributed by atoms with Crippen LogP contribution < -0.4 is 10.1 Å². The Kier molecular flexibility index (Phi) is 6.51. The van der Waals surface area contributed by atoms with Crippen molar-refractivity contribution in [2.45, 2.75) is 32.7 Å². The molecule has 21 heavy (non-hydrogen) atoms. The van der Waals surface area contributed by atoms with Crippen molar-refractivity contribution >= 4 is 21.8 Å². The smallest absolute Gasteiger partial charge is 0.236 e. The molecule has 0 saturated carbocycles. The molecule has 0 radical (unpaired) electrons. The summed E-state index contributed by atoms with van der Waals surface area (Å²) >= 11 is 3.48. The van der Waals surface area contributed by atoms with Crippen molar-refractivity contribution in [2.24, 2.45) is 0 Å². The fourth-order valence-corrected chi connectivity index (χ4v) is 2.83. The molecule has 5 heteroatoms. The average molecular weight is 355 g/mol. The van der Waals surface area contributed by atoms with Crippen LogP contribution in [-0.4, -0.2) is 37.0 Å². The van der Waals surface area contributed by atoms with Crippen molar-refractivity contribution in [3.05, 3.63) is 28.2 Å². The predicted octanol–water partition coefficient (Wildman–Crippen LogP) is 2.95. The molecular weight excluding hydrogens is 332 g/mol. The molecule has 0 aliphatic carbocycles. The van der Waals surface area contributed by atoms with Gasteiger partial charge in [0.25, 0.3) is 0 Å². The van der Waals surface area contributed by atoms with Gasteiger partial charge in [0.15, 0.2) is 0 Å². The van der Waals surface area contributed by atoms with Gasteiger partial charge in [0.05, 0.1) is 13.2 Å². The second kappa shape index (κ2) is 8.39. The van der Waals surface area contributed by atoms with Crippen LogP contribution in [0.4, 0.5) is 0 Å². The van der Waals surface area contributed by atoms with Crippen LogP contribution in [0.25, 0.3) is 0 Å². The molecule has 1 N–H and O–H groups in total. The summed E-state index contributed by atoms with van der Waals surface area (Å²) in [5.41, 5.74) is 1.08. The fraction of sp³-hybridized carbons (Fsp3) is 0.562. The Morgan fingerprint density at radius 3 is 2.86 bits per heavy atom. The highest BCUT2D eigenvalue weighted by molar-refractivity contribution is 9.10. The summed E-state index contributed by atoms with van der Waals surface area (Å²) in [5, 5.41) is 3.23. The molecule has 1 saturated heterocycles. The number of carbonyl (C=O) groups is 1. The lowest BCUT2D eigenvalue weighted by Crippen LogP contribution is -2.36. The van der Waals surface area contributed by atoms with Crippen molar-refractivity contribution in [3.63, 3.8) is 0 Å². The standard InChI is InChI=1S/C16H23BrN2O2/c1-2-9-21-15-6-5-14(17)10-13(15)11-18-12-16(20)19-7-3-4-8-19/h5-6,10,18H,2-4,7-9,11-12H2,1H3. The molecular formula is C16H23BrN2O2. The van der Waals surface area contributed by atoms with Crippen molar-refractivity contribution in [1.82, 2.24) is 10.2 Å². The zero-order valence-electron chi connectivity index (χ0n) is 12.5. The van der Waals surface area contributed by atoms with E-state index in [4.69, 9.17) is 4.74 Å². The van der Waals surface area contributed by atoms with Gasteiger partial charge in [-0.15, -0.1) is 0 Å². The number of benzene rings is 1. The number of likely N-dealkylation sites (tertiary alicyclic amines) is 1. The van der Waals surface area contributed by atoms with E-state index in [-0.39, 0.29) is 5.91 Å². The molecule has 1 aliphatic heterocycles. The Balaban J connectivity index is 1.86. The SMILES string of the molecule is CCCOc1ccc(Br)cc1CNCC(=O)N1CCCC1. The van der Waals surface area contributed by atoms with Crippen LogP contribution >= 0.6 is 15.9 Å². The second-order valence-electron chi connectivity index (χ2n) is 5.29. The number of rotatable bonds is 7. The summed E-state index contributed by atoms with van der Waals surface area (Å²) < 4.78 is 6.76. The van der Waals surface area contributed by atoms with Crippen LogP contribution in [0.5, 0.6) is 5.75 Å². The molecule has 116 valence electrons. The lowest BCUT2D eigenvalue weighted by Gasteiger charge is -2.16. The van der Waals surface area contributed by atoms with Crippen LogP contribution in [0.1, 0.15) is 31.7 Å². The van der Waals surface area contributed by atoms with Crippen LogP contribution in [0.15, 0.2) is 22.7 Å². The zero-order chi connectivity index (χ0) is 15.1. The van der Waals surface area contributed by atoms with Gasteiger partial charge in [0, 0.05) is 29.7 Å². The first kappa shape index (κ1) is 16.3. The van der Waals surface area contributed by atoms with Gasteiger partial charge in [-0.2, -0.15) is 0 Å². The minimum absolute atomic E-state index is 0.193. The van der Waals surface area contributed by atoms with Gasteiger partial charge in [-0.1, -0.05) is 22.9 Å². The van der Waals surface area contributed by atoms with Crippen LogP contribution in [0, 0.1) is 0 Å². The maximum atomic E-state index is 12.0. The van der Waals surface area contributed by atoms with Crippen LogP contribution in [-0.2, 0) is 11.3 Å². The molecule has 1 aromatic rings. The molecule has 1 fully saturated rings. The monoisotopic (exact) mass is 354 g/mol. The maximum absolute atomic E-state index is 12.0. The van der Waals surface area contributed by atoms with E-state index in [1.165, 1.54) is 0 Å². The van der Waals surface area contributed by atoms with E-state index >= 15 is 0 Å². The van der Waals surface area contributed by atoms with E-state index in [9.17, 15) is 4.79 Å². The number of ether oxygens (including phenoxy) is 1. The molecule has 1 aliphatic rings. The van der Waals surface area contributed by atoms with Crippen molar-refractivity contribution in [1.29, 1.82) is 0 Å². The van der Waals surface area contributed by atoms with E-state index in [0.29, 0.717) is 19.7 Å². The maximum Gasteiger partial charge on any atom is 0.236 e. The number of nitrogens with zero attached hydrogens (tertiary/aromatic N) is 1. The Hall–Kier alpha value is -1.07. The highest BCUT2D eigenvalue weighted by atomic mass is 79.9. The normalized spacial score (nSPS) is 14.5. The largest absolute Gasteiger partial charge is 0.493 e. The quantitative estimate of drug-likeness (QED) is 0.818. The third-order valence-electron chi connectivity index (χ3n) is 3.53. The topological polar surface area (TPSA) is 41.6 Å².